The van der Waals surface area contributed by atoms with E-state index in [0.717, 1.165) is 31.4 Å². The number of halogens is 1. The Hall–Kier alpha value is -2.22. The van der Waals surface area contributed by atoms with Gasteiger partial charge in [-0.3, -0.25) is 9.59 Å². The summed E-state index contributed by atoms with van der Waals surface area (Å²) in [6, 6.07) is 5.92. The predicted molar refractivity (Wildman–Crippen MR) is 102 cm³/mol. The van der Waals surface area contributed by atoms with Gasteiger partial charge in [-0.25, -0.2) is 4.39 Å². The zero-order chi connectivity index (χ0) is 18.4. The van der Waals surface area contributed by atoms with Crippen LogP contribution >= 0.6 is 11.8 Å². The molecule has 2 amide bonds. The molecule has 1 aromatic carbocycles. The molecule has 1 heterocycles. The summed E-state index contributed by atoms with van der Waals surface area (Å²) in [6.45, 7) is 0. The van der Waals surface area contributed by atoms with Gasteiger partial charge < -0.3 is 10.6 Å². The number of carbonyl (C=O) groups excluding carboxylic acids is 2. The molecule has 1 aromatic rings. The van der Waals surface area contributed by atoms with Crippen LogP contribution in [0, 0.1) is 5.82 Å². The second-order valence-corrected chi connectivity index (χ2v) is 7.50. The van der Waals surface area contributed by atoms with Crippen LogP contribution in [0.5, 0.6) is 0 Å². The van der Waals surface area contributed by atoms with E-state index < -0.39 is 17.0 Å². The van der Waals surface area contributed by atoms with Crippen molar-refractivity contribution in [2.45, 2.75) is 50.2 Å². The zero-order valence-electron chi connectivity index (χ0n) is 14.3. The largest absolute Gasteiger partial charge is 0.324 e. The summed E-state index contributed by atoms with van der Waals surface area (Å²) in [5, 5.41) is 13.4. The van der Waals surface area contributed by atoms with Crippen molar-refractivity contribution in [2.24, 2.45) is 10.2 Å². The van der Waals surface area contributed by atoms with Crippen LogP contribution in [0.1, 0.15) is 44.9 Å². The smallest absolute Gasteiger partial charge is 0.240 e. The molecule has 1 atom stereocenters. The van der Waals surface area contributed by atoms with Crippen molar-refractivity contribution >= 4 is 40.1 Å². The van der Waals surface area contributed by atoms with Gasteiger partial charge in [0, 0.05) is 12.1 Å². The van der Waals surface area contributed by atoms with E-state index in [1.54, 1.807) is 12.1 Å². The normalized spacial score (nSPS) is 22.0. The second-order valence-electron chi connectivity index (χ2n) is 6.31. The molecule has 0 unspecified atom stereocenters. The van der Waals surface area contributed by atoms with E-state index in [9.17, 15) is 14.0 Å². The zero-order valence-corrected chi connectivity index (χ0v) is 15.2. The number of amidine groups is 1. The first-order valence-electron chi connectivity index (χ1n) is 8.77. The molecule has 0 aromatic heterocycles. The van der Waals surface area contributed by atoms with Gasteiger partial charge in [0.25, 0.3) is 0 Å². The number of amides is 2. The Labute approximate surface area is 155 Å². The van der Waals surface area contributed by atoms with Gasteiger partial charge in [0.05, 0.1) is 5.69 Å². The number of benzene rings is 1. The highest BCUT2D eigenvalue weighted by Crippen LogP contribution is 2.24. The number of anilines is 1. The van der Waals surface area contributed by atoms with Crippen molar-refractivity contribution in [3.63, 3.8) is 0 Å². The molecule has 0 bridgehead atoms. The van der Waals surface area contributed by atoms with E-state index in [0.29, 0.717) is 5.17 Å². The van der Waals surface area contributed by atoms with Crippen molar-refractivity contribution in [2.75, 3.05) is 5.32 Å². The lowest BCUT2D eigenvalue weighted by atomic mass is 10.2. The molecule has 26 heavy (non-hydrogen) atoms. The van der Waals surface area contributed by atoms with Crippen LogP contribution in [0.25, 0.3) is 0 Å². The van der Waals surface area contributed by atoms with Crippen LogP contribution in [-0.2, 0) is 9.59 Å². The van der Waals surface area contributed by atoms with Gasteiger partial charge in [-0.05, 0) is 37.8 Å². The molecule has 1 aliphatic heterocycles. The Balaban J connectivity index is 1.55. The molecule has 1 saturated carbocycles. The fourth-order valence-electron chi connectivity index (χ4n) is 2.87. The maximum Gasteiger partial charge on any atom is 0.240 e. The number of thioether (sulfide) groups is 1. The molecule has 138 valence electrons. The summed E-state index contributed by atoms with van der Waals surface area (Å²) in [5.41, 5.74) is 1.17. The molecule has 8 heteroatoms. The third-order valence-corrected chi connectivity index (χ3v) is 5.33. The van der Waals surface area contributed by atoms with E-state index in [1.807, 2.05) is 0 Å². The standard InChI is InChI=1S/C18H21FN4O2S/c19-13-9-5-6-10-14(13)20-16(24)11-15-17(25)21-18(26-15)23-22-12-7-3-1-2-4-8-12/h5-6,9-10,15H,1-4,7-8,11H2,(H,20,24)(H,21,23,25)/t15-/m0/s1. The highest BCUT2D eigenvalue weighted by atomic mass is 32.2. The molecule has 1 aliphatic carbocycles. The van der Waals surface area contributed by atoms with Crippen molar-refractivity contribution < 1.29 is 14.0 Å². The molecule has 0 spiro atoms. The van der Waals surface area contributed by atoms with Crippen LogP contribution in [-0.4, -0.2) is 27.9 Å². The van der Waals surface area contributed by atoms with E-state index in [2.05, 4.69) is 20.8 Å². The lowest BCUT2D eigenvalue weighted by Crippen LogP contribution is -2.28. The number of nitrogens with one attached hydrogen (secondary N) is 2. The molecular formula is C18H21FN4O2S. The average molecular weight is 376 g/mol. The first kappa shape index (κ1) is 18.6. The molecule has 2 fully saturated rings. The first-order valence-corrected chi connectivity index (χ1v) is 9.65. The fourth-order valence-corrected chi connectivity index (χ4v) is 3.79. The van der Waals surface area contributed by atoms with Crippen molar-refractivity contribution in [1.82, 2.24) is 5.32 Å². The Bertz CT molecular complexity index is 740. The summed E-state index contributed by atoms with van der Waals surface area (Å²) in [7, 11) is 0. The molecule has 2 N–H and O–H groups in total. The number of nitrogens with zero attached hydrogens (tertiary/aromatic N) is 2. The van der Waals surface area contributed by atoms with E-state index in [-0.39, 0.29) is 18.0 Å². The van der Waals surface area contributed by atoms with E-state index in [1.165, 1.54) is 36.7 Å². The summed E-state index contributed by atoms with van der Waals surface area (Å²) in [6.07, 6.45) is 6.54. The molecule has 0 radical (unpaired) electrons. The minimum absolute atomic E-state index is 0.0551. The lowest BCUT2D eigenvalue weighted by molar-refractivity contribution is -0.122. The van der Waals surface area contributed by atoms with Crippen LogP contribution in [0.4, 0.5) is 10.1 Å². The van der Waals surface area contributed by atoms with Gasteiger partial charge in [-0.15, -0.1) is 5.10 Å². The summed E-state index contributed by atoms with van der Waals surface area (Å²) < 4.78 is 13.6. The van der Waals surface area contributed by atoms with Crippen LogP contribution in [0.3, 0.4) is 0 Å². The van der Waals surface area contributed by atoms with Gasteiger partial charge >= 0.3 is 0 Å². The van der Waals surface area contributed by atoms with Crippen LogP contribution in [0.15, 0.2) is 34.5 Å². The maximum absolute atomic E-state index is 13.6. The predicted octanol–water partition coefficient (Wildman–Crippen LogP) is 3.45. The second kappa shape index (κ2) is 8.93. The summed E-state index contributed by atoms with van der Waals surface area (Å²) in [4.78, 5) is 24.1. The number of para-hydroxylation sites is 1. The van der Waals surface area contributed by atoms with Gasteiger partial charge in [0.1, 0.15) is 11.1 Å². The monoisotopic (exact) mass is 376 g/mol. The van der Waals surface area contributed by atoms with E-state index >= 15 is 0 Å². The topological polar surface area (TPSA) is 82.9 Å². The van der Waals surface area contributed by atoms with Gasteiger partial charge in [-0.1, -0.05) is 36.7 Å². The minimum atomic E-state index is -0.588. The summed E-state index contributed by atoms with van der Waals surface area (Å²) >= 11 is 1.18. The van der Waals surface area contributed by atoms with Crippen molar-refractivity contribution in [3.05, 3.63) is 30.1 Å². The van der Waals surface area contributed by atoms with Gasteiger partial charge in [0.15, 0.2) is 5.17 Å². The molecular weight excluding hydrogens is 355 g/mol. The third kappa shape index (κ3) is 5.14. The average Bonchev–Trinajstić information content (AvgIpc) is 2.82. The van der Waals surface area contributed by atoms with Gasteiger partial charge in [0.2, 0.25) is 11.8 Å². The Morgan fingerprint density at radius 1 is 1.19 bits per heavy atom. The molecule has 3 rings (SSSR count). The number of hydrogen-bond donors (Lipinski definition) is 2. The highest BCUT2D eigenvalue weighted by molar-refractivity contribution is 8.15. The number of hydrogen-bond acceptors (Lipinski definition) is 5. The van der Waals surface area contributed by atoms with E-state index in [4.69, 9.17) is 0 Å². The van der Waals surface area contributed by atoms with Crippen molar-refractivity contribution in [1.29, 1.82) is 0 Å². The highest BCUT2D eigenvalue weighted by Gasteiger charge is 2.32. The third-order valence-electron chi connectivity index (χ3n) is 4.26. The fraction of sp³-hybridized carbons (Fsp3) is 0.444. The quantitative estimate of drug-likeness (QED) is 0.624. The van der Waals surface area contributed by atoms with Crippen LogP contribution in [0.2, 0.25) is 0 Å². The number of carbonyl (C=O) groups is 2. The Kier molecular flexibility index (Phi) is 6.38. The summed E-state index contributed by atoms with van der Waals surface area (Å²) in [5.74, 6) is -1.21. The molecule has 6 nitrogen and oxygen atoms in total. The minimum Gasteiger partial charge on any atom is -0.324 e. The first-order chi connectivity index (χ1) is 12.6. The maximum atomic E-state index is 13.6. The van der Waals surface area contributed by atoms with Crippen LogP contribution < -0.4 is 10.6 Å². The van der Waals surface area contributed by atoms with Gasteiger partial charge in [-0.2, -0.15) is 5.10 Å². The lowest BCUT2D eigenvalue weighted by Gasteiger charge is -2.07. The molecule has 1 saturated heterocycles. The Morgan fingerprint density at radius 2 is 1.92 bits per heavy atom. The SMILES string of the molecule is O=C(C[C@@H]1S/C(=N/N=C2CCCCCC2)NC1=O)Nc1ccccc1F. The molecule has 2 aliphatic rings. The van der Waals surface area contributed by atoms with Crippen molar-refractivity contribution in [3.8, 4) is 0 Å². The number of rotatable bonds is 4. The Morgan fingerprint density at radius 3 is 2.65 bits per heavy atom.